The van der Waals surface area contributed by atoms with Crippen LogP contribution in [0.1, 0.15) is 265 Å². The third-order valence-corrected chi connectivity index (χ3v) is 18.6. The van der Waals surface area contributed by atoms with Gasteiger partial charge in [-0.2, -0.15) is 0 Å². The van der Waals surface area contributed by atoms with Gasteiger partial charge in [0.1, 0.15) is 67.1 Å². The lowest BCUT2D eigenvalue weighted by Gasteiger charge is -2.50. The molecule has 95 heavy (non-hydrogen) atoms. The van der Waals surface area contributed by atoms with Gasteiger partial charge in [-0.25, -0.2) is 4.79 Å². The van der Waals surface area contributed by atoms with Crippen LogP contribution in [0.3, 0.4) is 0 Å². The number of allylic oxidation sites excluding steroid dienone is 5. The molecule has 554 valence electrons. The van der Waals surface area contributed by atoms with E-state index in [0.717, 1.165) is 84.0 Å². The van der Waals surface area contributed by atoms with Crippen molar-refractivity contribution < 1.29 is 104 Å². The third-order valence-electron chi connectivity index (χ3n) is 18.6. The fourth-order valence-corrected chi connectivity index (χ4v) is 12.7. The highest BCUT2D eigenvalue weighted by Gasteiger charge is 2.60. The number of rotatable bonds is 56. The summed E-state index contributed by atoms with van der Waals surface area (Å²) in [6.45, 7) is 2.12. The molecule has 23 nitrogen and oxygen atoms in total. The number of nitrogens with one attached hydrogen (secondary N) is 2. The largest absolute Gasteiger partial charge is 0.477 e. The normalized spacial score (nSPS) is 27.9. The molecular weight excluding hydrogens is 1230 g/mol. The number of hydrogen-bond donors (Lipinski definition) is 14. The van der Waals surface area contributed by atoms with Gasteiger partial charge in [0.15, 0.2) is 12.6 Å². The summed E-state index contributed by atoms with van der Waals surface area (Å²) in [5.74, 6) is -6.15. The fourth-order valence-electron chi connectivity index (χ4n) is 12.7. The molecule has 0 aromatic carbocycles. The van der Waals surface area contributed by atoms with Crippen LogP contribution in [0.15, 0.2) is 36.5 Å². The molecular formula is C72H130N2O21. The van der Waals surface area contributed by atoms with Crippen molar-refractivity contribution in [1.29, 1.82) is 0 Å². The Morgan fingerprint density at radius 1 is 0.558 bits per heavy atom. The van der Waals surface area contributed by atoms with Gasteiger partial charge in [0.2, 0.25) is 11.8 Å². The van der Waals surface area contributed by atoms with E-state index in [1.165, 1.54) is 141 Å². The van der Waals surface area contributed by atoms with Crippen LogP contribution >= 0.6 is 0 Å². The van der Waals surface area contributed by atoms with Gasteiger partial charge in [0, 0.05) is 19.8 Å². The van der Waals surface area contributed by atoms with Gasteiger partial charge in [0.25, 0.3) is 5.79 Å². The maximum absolute atomic E-state index is 13.5. The van der Waals surface area contributed by atoms with E-state index in [4.69, 9.17) is 28.4 Å². The number of hydrogen-bond acceptors (Lipinski definition) is 20. The highest BCUT2D eigenvalue weighted by molar-refractivity contribution is 5.77. The lowest BCUT2D eigenvalue weighted by Crippen LogP contribution is -2.70. The number of carbonyl (C=O) groups is 3. The number of unbranched alkanes of at least 4 members (excludes halogenated alkanes) is 32. The first kappa shape index (κ1) is 86.2. The van der Waals surface area contributed by atoms with E-state index in [1.54, 1.807) is 6.08 Å². The Morgan fingerprint density at radius 2 is 1.02 bits per heavy atom. The standard InChI is InChI=1S/C72H130N2O21/c1-4-6-8-10-12-14-16-18-20-22-23-24-25-26-27-28-30-31-33-35-37-39-41-43-45-54(79)53(74-59(82)46-44-42-40-38-36-34-32-29-21-19-17-15-13-11-9-7-5-2)51-90-69-64(86)63(85)66(58(50-77)92-69)93-70-65(87)68(62(84)57(49-76)91-70)95-72(71(88)89)47-55(80)60(73-52(3)78)67(94-72)61(83)56(81)48-75/h13,15,19,21,43,45,53-58,60-70,75-77,79-81,83-87H,4-12,14,16-18,20,22-42,44,46-51H2,1-3H3,(H,73,78)(H,74,82)(H,88,89)/b15-13-,21-19-,45-43+. The minimum atomic E-state index is -3.08. The summed E-state index contributed by atoms with van der Waals surface area (Å²) in [7, 11) is 0. The Labute approximate surface area is 567 Å². The lowest BCUT2D eigenvalue weighted by atomic mass is 9.88. The average molecular weight is 1360 g/mol. The molecule has 14 N–H and O–H groups in total. The molecule has 0 aromatic rings. The number of carboxylic acid groups (broad SMARTS) is 1. The van der Waals surface area contributed by atoms with Crippen molar-refractivity contribution in [2.75, 3.05) is 26.4 Å². The van der Waals surface area contributed by atoms with Crippen molar-refractivity contribution in [2.24, 2.45) is 0 Å². The quantitative estimate of drug-likeness (QED) is 0.0204. The molecule has 0 bridgehead atoms. The van der Waals surface area contributed by atoms with Crippen LogP contribution < -0.4 is 10.6 Å². The van der Waals surface area contributed by atoms with E-state index in [1.807, 2.05) is 6.08 Å². The second kappa shape index (κ2) is 52.0. The number of amides is 2. The van der Waals surface area contributed by atoms with Crippen molar-refractivity contribution in [1.82, 2.24) is 10.6 Å². The Kier molecular flexibility index (Phi) is 47.2. The van der Waals surface area contributed by atoms with Crippen LogP contribution in [0.25, 0.3) is 0 Å². The maximum atomic E-state index is 13.5. The Balaban J connectivity index is 1.57. The number of ether oxygens (including phenoxy) is 6. The molecule has 0 aromatic heterocycles. The maximum Gasteiger partial charge on any atom is 0.364 e. The minimum Gasteiger partial charge on any atom is -0.477 e. The molecule has 3 rings (SSSR count). The first-order chi connectivity index (χ1) is 45.9. The van der Waals surface area contributed by atoms with Gasteiger partial charge < -0.3 is 100 Å². The van der Waals surface area contributed by atoms with Gasteiger partial charge in [0.05, 0.1) is 50.7 Å². The molecule has 0 radical (unpaired) electrons. The predicted molar refractivity (Wildman–Crippen MR) is 361 cm³/mol. The second-order valence-electron chi connectivity index (χ2n) is 26.8. The lowest BCUT2D eigenvalue weighted by molar-refractivity contribution is -0.386. The van der Waals surface area contributed by atoms with Gasteiger partial charge >= 0.3 is 5.97 Å². The van der Waals surface area contributed by atoms with E-state index in [9.17, 15) is 75.7 Å². The number of aliphatic carboxylic acids is 1. The van der Waals surface area contributed by atoms with Crippen molar-refractivity contribution in [2.45, 2.75) is 375 Å². The Bertz CT molecular complexity index is 2060. The van der Waals surface area contributed by atoms with E-state index < -0.39 is 155 Å². The van der Waals surface area contributed by atoms with Crippen LogP contribution in [-0.4, -0.2) is 215 Å². The molecule has 3 aliphatic heterocycles. The summed E-state index contributed by atoms with van der Waals surface area (Å²) in [5.41, 5.74) is 0. The highest BCUT2D eigenvalue weighted by atomic mass is 16.8. The Morgan fingerprint density at radius 3 is 1.51 bits per heavy atom. The highest BCUT2D eigenvalue weighted by Crippen LogP contribution is 2.39. The summed E-state index contributed by atoms with van der Waals surface area (Å²) >= 11 is 0. The van der Waals surface area contributed by atoms with E-state index in [0.29, 0.717) is 12.8 Å². The van der Waals surface area contributed by atoms with Crippen molar-refractivity contribution in [3.05, 3.63) is 36.5 Å². The first-order valence-corrected chi connectivity index (χ1v) is 36.9. The topological polar surface area (TPSA) is 373 Å². The molecule has 0 saturated carbocycles. The molecule has 3 fully saturated rings. The van der Waals surface area contributed by atoms with Gasteiger partial charge in [-0.15, -0.1) is 0 Å². The first-order valence-electron chi connectivity index (χ1n) is 36.9. The zero-order valence-corrected chi connectivity index (χ0v) is 58.0. The van der Waals surface area contributed by atoms with Gasteiger partial charge in [-0.05, 0) is 51.4 Å². The van der Waals surface area contributed by atoms with Crippen molar-refractivity contribution in [3.8, 4) is 0 Å². The van der Waals surface area contributed by atoms with E-state index in [2.05, 4.69) is 48.8 Å². The van der Waals surface area contributed by atoms with Crippen molar-refractivity contribution >= 4 is 17.8 Å². The van der Waals surface area contributed by atoms with Crippen LogP contribution in [0.5, 0.6) is 0 Å². The SMILES string of the molecule is CCCCC/C=C\C/C=C\CCCCCCCCCC(=O)NC(COC1OC(CO)C(OC2OC(CO)C(O)C(OC3(C(=O)O)CC(O)C(NC(C)=O)C(C(O)C(O)CO)O3)C2O)C(O)C1O)C(O)/C=C/CCCCCCCCCCCCCCCCCCCCCCCC. The molecule has 18 atom stereocenters. The third kappa shape index (κ3) is 33.8. The van der Waals surface area contributed by atoms with Crippen LogP contribution in [-0.2, 0) is 42.8 Å². The summed E-state index contributed by atoms with van der Waals surface area (Å²) < 4.78 is 34.8. The summed E-state index contributed by atoms with van der Waals surface area (Å²) in [5, 5.41) is 136. The molecule has 0 aliphatic carbocycles. The fraction of sp³-hybridized carbons (Fsp3) is 0.875. The number of carboxylic acids is 1. The predicted octanol–water partition coefficient (Wildman–Crippen LogP) is 7.79. The molecule has 18 unspecified atom stereocenters. The summed E-state index contributed by atoms with van der Waals surface area (Å²) in [6, 6.07) is -2.63. The van der Waals surface area contributed by atoms with Crippen LogP contribution in [0, 0.1) is 0 Å². The average Bonchev–Trinajstić information content (AvgIpc) is 0.758. The minimum absolute atomic E-state index is 0.191. The zero-order chi connectivity index (χ0) is 69.6. The monoisotopic (exact) mass is 1360 g/mol. The molecule has 23 heteroatoms. The number of aliphatic hydroxyl groups is 11. The second-order valence-corrected chi connectivity index (χ2v) is 26.8. The summed E-state index contributed by atoms with van der Waals surface area (Å²) in [6.07, 6.45) is 26.1. The van der Waals surface area contributed by atoms with Crippen LogP contribution in [0.2, 0.25) is 0 Å². The van der Waals surface area contributed by atoms with Gasteiger partial charge in [-0.1, -0.05) is 230 Å². The Hall–Kier alpha value is -3.05. The molecule has 3 aliphatic rings. The van der Waals surface area contributed by atoms with Crippen molar-refractivity contribution in [3.63, 3.8) is 0 Å². The smallest absolute Gasteiger partial charge is 0.364 e. The summed E-state index contributed by atoms with van der Waals surface area (Å²) in [4.78, 5) is 38.6. The van der Waals surface area contributed by atoms with E-state index in [-0.39, 0.29) is 12.3 Å². The number of carbonyl (C=O) groups excluding carboxylic acids is 2. The number of aliphatic hydroxyl groups excluding tert-OH is 11. The van der Waals surface area contributed by atoms with Crippen LogP contribution in [0.4, 0.5) is 0 Å². The molecule has 3 saturated heterocycles. The van der Waals surface area contributed by atoms with Gasteiger partial charge in [-0.3, -0.25) is 9.59 Å². The zero-order valence-electron chi connectivity index (χ0n) is 58.0. The molecule has 2 amide bonds. The molecule has 0 spiro atoms. The molecule has 3 heterocycles. The van der Waals surface area contributed by atoms with E-state index >= 15 is 0 Å².